The second kappa shape index (κ2) is 9.59. The van der Waals surface area contributed by atoms with Crippen molar-refractivity contribution in [1.29, 1.82) is 0 Å². The molecule has 0 radical (unpaired) electrons. The smallest absolute Gasteiger partial charge is 0.225 e. The number of hydrogen-bond donors (Lipinski definition) is 1. The highest BCUT2D eigenvalue weighted by atomic mass is 16.3. The van der Waals surface area contributed by atoms with Gasteiger partial charge in [0.15, 0.2) is 5.60 Å². The quantitative estimate of drug-likeness (QED) is 0.596. The van der Waals surface area contributed by atoms with Crippen LogP contribution in [0.3, 0.4) is 0 Å². The number of benzene rings is 3. The number of rotatable bonds is 5. The van der Waals surface area contributed by atoms with Gasteiger partial charge in [-0.25, -0.2) is 0 Å². The molecule has 2 heterocycles. The Kier molecular flexibility index (Phi) is 6.35. The van der Waals surface area contributed by atoms with Gasteiger partial charge in [-0.1, -0.05) is 104 Å². The minimum atomic E-state index is -2.03. The van der Waals surface area contributed by atoms with Crippen molar-refractivity contribution in [3.8, 4) is 0 Å². The zero-order valence-corrected chi connectivity index (χ0v) is 19.8. The molecule has 5 heteroatoms. The molecule has 0 bridgehead atoms. The van der Waals surface area contributed by atoms with Crippen molar-refractivity contribution in [3.05, 3.63) is 108 Å². The molecule has 3 aromatic rings. The van der Waals surface area contributed by atoms with Gasteiger partial charge in [-0.2, -0.15) is 0 Å². The Bertz CT molecular complexity index is 1220. The molecule has 0 saturated carbocycles. The first kappa shape index (κ1) is 23.2. The van der Waals surface area contributed by atoms with Crippen LogP contribution in [0.1, 0.15) is 48.8 Å². The maximum atomic E-state index is 14.1. The molecule has 35 heavy (non-hydrogen) atoms. The number of likely N-dealkylation sites (tertiary alicyclic amines) is 1. The van der Waals surface area contributed by atoms with Crippen molar-refractivity contribution in [2.75, 3.05) is 13.1 Å². The Morgan fingerprint density at radius 3 is 1.86 bits per heavy atom. The summed E-state index contributed by atoms with van der Waals surface area (Å²) in [6, 6.07) is 27.5. The molecule has 0 aromatic heterocycles. The average molecular weight is 467 g/mol. The van der Waals surface area contributed by atoms with Crippen LogP contribution in [0.15, 0.2) is 96.0 Å². The summed E-state index contributed by atoms with van der Waals surface area (Å²) in [4.78, 5) is 34.8. The van der Waals surface area contributed by atoms with Crippen LogP contribution in [0.2, 0.25) is 0 Å². The second-order valence-electron chi connectivity index (χ2n) is 9.43. The Morgan fingerprint density at radius 1 is 0.771 bits per heavy atom. The third-order valence-electron chi connectivity index (χ3n) is 7.30. The first-order valence-corrected chi connectivity index (χ1v) is 12.4. The van der Waals surface area contributed by atoms with Crippen LogP contribution in [-0.4, -0.2) is 40.5 Å². The molecule has 2 atom stereocenters. The molecule has 1 fully saturated rings. The SMILES string of the molecule is O=C(CC1(c2ccccc2)N=C(c2ccccc2)C(=O)C1(O)c1ccccc1)N1CCCCCC1. The van der Waals surface area contributed by atoms with E-state index in [1.54, 1.807) is 24.3 Å². The van der Waals surface area contributed by atoms with E-state index in [2.05, 4.69) is 0 Å². The predicted molar refractivity (Wildman–Crippen MR) is 136 cm³/mol. The van der Waals surface area contributed by atoms with E-state index in [4.69, 9.17) is 4.99 Å². The largest absolute Gasteiger partial charge is 0.374 e. The predicted octanol–water partition coefficient (Wildman–Crippen LogP) is 4.63. The highest BCUT2D eigenvalue weighted by Gasteiger charge is 2.64. The fourth-order valence-electron chi connectivity index (χ4n) is 5.43. The lowest BCUT2D eigenvalue weighted by molar-refractivity contribution is -0.143. The Labute approximate surface area is 206 Å². The van der Waals surface area contributed by atoms with Crippen molar-refractivity contribution in [1.82, 2.24) is 4.90 Å². The summed E-state index contributed by atoms with van der Waals surface area (Å²) >= 11 is 0. The van der Waals surface area contributed by atoms with Gasteiger partial charge in [0.25, 0.3) is 0 Å². The fourth-order valence-corrected chi connectivity index (χ4v) is 5.43. The summed E-state index contributed by atoms with van der Waals surface area (Å²) in [6.45, 7) is 1.38. The molecule has 1 saturated heterocycles. The lowest BCUT2D eigenvalue weighted by Gasteiger charge is -2.40. The molecule has 178 valence electrons. The number of aliphatic imine (C=N–C) groups is 1. The summed E-state index contributed by atoms with van der Waals surface area (Å²) in [5, 5.41) is 12.5. The third-order valence-corrected chi connectivity index (χ3v) is 7.30. The molecule has 5 rings (SSSR count). The summed E-state index contributed by atoms with van der Waals surface area (Å²) in [7, 11) is 0. The third kappa shape index (κ3) is 4.00. The summed E-state index contributed by atoms with van der Waals surface area (Å²) in [5.74, 6) is -0.571. The number of nitrogens with zero attached hydrogens (tertiary/aromatic N) is 2. The van der Waals surface area contributed by atoms with Crippen LogP contribution in [0, 0.1) is 0 Å². The highest BCUT2D eigenvalue weighted by molar-refractivity contribution is 6.50. The monoisotopic (exact) mass is 466 g/mol. The van der Waals surface area contributed by atoms with E-state index in [1.807, 2.05) is 71.6 Å². The van der Waals surface area contributed by atoms with Crippen molar-refractivity contribution in [3.63, 3.8) is 0 Å². The zero-order valence-electron chi connectivity index (χ0n) is 19.8. The number of Topliss-reactive ketones (excluding diaryl/α,β-unsaturated/α-hetero) is 1. The normalized spacial score (nSPS) is 24.7. The van der Waals surface area contributed by atoms with Crippen molar-refractivity contribution >= 4 is 17.4 Å². The molecule has 0 aliphatic carbocycles. The van der Waals surface area contributed by atoms with Crippen LogP contribution in [0.4, 0.5) is 0 Å². The molecule has 1 amide bonds. The van der Waals surface area contributed by atoms with E-state index in [-0.39, 0.29) is 18.0 Å². The minimum absolute atomic E-state index is 0.0871. The first-order chi connectivity index (χ1) is 17.1. The number of aliphatic hydroxyl groups is 1. The van der Waals surface area contributed by atoms with Gasteiger partial charge in [0.05, 0.1) is 6.42 Å². The van der Waals surface area contributed by atoms with Crippen LogP contribution in [-0.2, 0) is 20.7 Å². The second-order valence-corrected chi connectivity index (χ2v) is 9.43. The number of amides is 1. The number of carbonyl (C=O) groups excluding carboxylic acids is 2. The van der Waals surface area contributed by atoms with E-state index < -0.39 is 16.9 Å². The van der Waals surface area contributed by atoms with Crippen LogP contribution < -0.4 is 0 Å². The lowest BCUT2D eigenvalue weighted by atomic mass is 9.68. The van der Waals surface area contributed by atoms with Crippen molar-refractivity contribution < 1.29 is 14.7 Å². The minimum Gasteiger partial charge on any atom is -0.374 e. The Hall–Kier alpha value is -3.57. The number of ketones is 1. The number of hydrogen-bond acceptors (Lipinski definition) is 4. The van der Waals surface area contributed by atoms with E-state index in [0.717, 1.165) is 25.7 Å². The highest BCUT2D eigenvalue weighted by Crippen LogP contribution is 2.52. The fraction of sp³-hybridized carbons (Fsp3) is 0.300. The van der Waals surface area contributed by atoms with Crippen molar-refractivity contribution in [2.45, 2.75) is 43.2 Å². The van der Waals surface area contributed by atoms with E-state index in [0.29, 0.717) is 29.8 Å². The average Bonchev–Trinajstić information content (AvgIpc) is 3.09. The summed E-state index contributed by atoms with van der Waals surface area (Å²) in [5.41, 5.74) is -1.60. The standard InChI is InChI=1S/C30H30N2O3/c33-26(32-20-12-1-2-13-21-32)22-29(24-16-8-4-9-17-24)30(35,25-18-10-5-11-19-25)28(34)27(31-29)23-14-6-3-7-15-23/h3-11,14-19,35H,1-2,12-13,20-22H2. The molecular weight excluding hydrogens is 436 g/mol. The van der Waals surface area contributed by atoms with Gasteiger partial charge in [-0.3, -0.25) is 14.6 Å². The maximum Gasteiger partial charge on any atom is 0.225 e. The maximum absolute atomic E-state index is 14.1. The zero-order chi connectivity index (χ0) is 24.3. The van der Waals surface area contributed by atoms with Crippen LogP contribution in [0.5, 0.6) is 0 Å². The van der Waals surface area contributed by atoms with Gasteiger partial charge in [0.2, 0.25) is 11.7 Å². The molecule has 2 aliphatic rings. The molecule has 1 N–H and O–H groups in total. The lowest BCUT2D eigenvalue weighted by Crippen LogP contribution is -2.53. The molecule has 3 aromatic carbocycles. The van der Waals surface area contributed by atoms with Gasteiger partial charge >= 0.3 is 0 Å². The molecule has 0 spiro atoms. The van der Waals surface area contributed by atoms with Gasteiger partial charge in [-0.05, 0) is 24.0 Å². The van der Waals surface area contributed by atoms with Gasteiger partial charge < -0.3 is 10.0 Å². The molecule has 5 nitrogen and oxygen atoms in total. The number of carbonyl (C=O) groups is 2. The van der Waals surface area contributed by atoms with Gasteiger partial charge in [0, 0.05) is 18.7 Å². The Morgan fingerprint density at radius 2 is 1.29 bits per heavy atom. The molecular formula is C30H30N2O3. The summed E-state index contributed by atoms with van der Waals surface area (Å²) < 4.78 is 0. The summed E-state index contributed by atoms with van der Waals surface area (Å²) in [6.07, 6.45) is 4.05. The molecule has 2 aliphatic heterocycles. The first-order valence-electron chi connectivity index (χ1n) is 12.4. The topological polar surface area (TPSA) is 70.0 Å². The van der Waals surface area contributed by atoms with E-state index in [1.165, 1.54) is 0 Å². The van der Waals surface area contributed by atoms with Crippen molar-refractivity contribution in [2.24, 2.45) is 4.99 Å². The van der Waals surface area contributed by atoms with Crippen LogP contribution in [0.25, 0.3) is 0 Å². The van der Waals surface area contributed by atoms with Crippen LogP contribution >= 0.6 is 0 Å². The molecule has 2 unspecified atom stereocenters. The van der Waals surface area contributed by atoms with E-state index >= 15 is 0 Å². The van der Waals surface area contributed by atoms with Gasteiger partial charge in [-0.15, -0.1) is 0 Å². The Balaban J connectivity index is 1.72. The van der Waals surface area contributed by atoms with Gasteiger partial charge in [0.1, 0.15) is 11.3 Å². The van der Waals surface area contributed by atoms with E-state index in [9.17, 15) is 14.7 Å².